The van der Waals surface area contributed by atoms with Gasteiger partial charge in [-0.15, -0.1) is 0 Å². The van der Waals surface area contributed by atoms with E-state index in [-0.39, 0.29) is 25.0 Å². The fourth-order valence-electron chi connectivity index (χ4n) is 3.54. The number of nitrogens with zero attached hydrogens (tertiary/aromatic N) is 5. The van der Waals surface area contributed by atoms with Gasteiger partial charge in [0, 0.05) is 31.7 Å². The summed E-state index contributed by atoms with van der Waals surface area (Å²) in [6.07, 6.45) is 4.78. The molecule has 1 aromatic carbocycles. The lowest BCUT2D eigenvalue weighted by Gasteiger charge is -2.42. The van der Waals surface area contributed by atoms with Crippen molar-refractivity contribution in [3.8, 4) is 0 Å². The van der Waals surface area contributed by atoms with Crippen molar-refractivity contribution in [1.82, 2.24) is 24.0 Å². The van der Waals surface area contributed by atoms with E-state index in [0.29, 0.717) is 18.7 Å². The number of benzene rings is 1. The number of rotatable bonds is 4. The van der Waals surface area contributed by atoms with Crippen LogP contribution in [0.4, 0.5) is 0 Å². The van der Waals surface area contributed by atoms with E-state index < -0.39 is 15.3 Å². The predicted molar refractivity (Wildman–Crippen MR) is 94.9 cm³/mol. The zero-order chi connectivity index (χ0) is 18.1. The van der Waals surface area contributed by atoms with E-state index in [1.165, 1.54) is 6.33 Å². The van der Waals surface area contributed by atoms with Crippen LogP contribution < -0.4 is 0 Å². The summed E-state index contributed by atoms with van der Waals surface area (Å²) in [4.78, 5) is 17.9. The molecule has 2 aliphatic heterocycles. The second-order valence-electron chi connectivity index (χ2n) is 6.77. The van der Waals surface area contributed by atoms with Crippen molar-refractivity contribution in [3.63, 3.8) is 0 Å². The van der Waals surface area contributed by atoms with Crippen molar-refractivity contribution in [1.29, 1.82) is 0 Å². The molecule has 1 atom stereocenters. The maximum atomic E-state index is 12.9. The quantitative estimate of drug-likeness (QED) is 0.788. The predicted octanol–water partition coefficient (Wildman–Crippen LogP) is 0.769. The standard InChI is InChI=1S/C17H21N5O3S/c23-17(14-5-2-1-3-6-14)20-10-16(11-20)26(24,25)21-8-4-7-15(9-21)22-13-18-12-19-22/h1-3,5-6,12-13,15-16H,4,7-11H2/t15-/m1/s1. The summed E-state index contributed by atoms with van der Waals surface area (Å²) in [5, 5.41) is 3.61. The van der Waals surface area contributed by atoms with E-state index in [4.69, 9.17) is 0 Å². The van der Waals surface area contributed by atoms with Crippen LogP contribution in [0.1, 0.15) is 29.2 Å². The Kier molecular flexibility index (Phi) is 4.49. The second kappa shape index (κ2) is 6.81. The average molecular weight is 375 g/mol. The highest BCUT2D eigenvalue weighted by molar-refractivity contribution is 7.89. The molecule has 26 heavy (non-hydrogen) atoms. The maximum Gasteiger partial charge on any atom is 0.253 e. The van der Waals surface area contributed by atoms with Gasteiger partial charge in [-0.25, -0.2) is 18.1 Å². The van der Waals surface area contributed by atoms with Crippen molar-refractivity contribution in [3.05, 3.63) is 48.5 Å². The largest absolute Gasteiger partial charge is 0.336 e. The Bertz CT molecular complexity index is 863. The topological polar surface area (TPSA) is 88.4 Å². The highest BCUT2D eigenvalue weighted by Gasteiger charge is 2.44. The summed E-state index contributed by atoms with van der Waals surface area (Å²) < 4.78 is 29.1. The van der Waals surface area contributed by atoms with Crippen LogP contribution in [-0.2, 0) is 10.0 Å². The molecule has 3 heterocycles. The fraction of sp³-hybridized carbons (Fsp3) is 0.471. The van der Waals surface area contributed by atoms with Gasteiger partial charge in [0.1, 0.15) is 17.9 Å². The number of piperidine rings is 1. The van der Waals surface area contributed by atoms with E-state index in [9.17, 15) is 13.2 Å². The monoisotopic (exact) mass is 375 g/mol. The summed E-state index contributed by atoms with van der Waals surface area (Å²) in [5.41, 5.74) is 0.590. The van der Waals surface area contributed by atoms with Gasteiger partial charge in [-0.3, -0.25) is 4.79 Å². The molecular formula is C17H21N5O3S. The minimum absolute atomic E-state index is 0.0168. The molecule has 0 saturated carbocycles. The number of hydrogen-bond acceptors (Lipinski definition) is 5. The SMILES string of the molecule is O=C(c1ccccc1)N1CC(S(=O)(=O)N2CCC[C@@H](n3cncn3)C2)C1. The lowest BCUT2D eigenvalue weighted by molar-refractivity contribution is 0.0653. The summed E-state index contributed by atoms with van der Waals surface area (Å²) in [6.45, 7) is 1.44. The van der Waals surface area contributed by atoms with Crippen LogP contribution in [0.2, 0.25) is 0 Å². The van der Waals surface area contributed by atoms with Gasteiger partial charge in [0.15, 0.2) is 0 Å². The van der Waals surface area contributed by atoms with Crippen molar-refractivity contribution < 1.29 is 13.2 Å². The van der Waals surface area contributed by atoms with Crippen molar-refractivity contribution in [2.75, 3.05) is 26.2 Å². The Balaban J connectivity index is 1.40. The van der Waals surface area contributed by atoms with Crippen LogP contribution in [0.25, 0.3) is 0 Å². The molecule has 0 aliphatic carbocycles. The van der Waals surface area contributed by atoms with Gasteiger partial charge in [-0.2, -0.15) is 9.40 Å². The number of aromatic nitrogens is 3. The molecule has 2 aliphatic rings. The molecule has 0 spiro atoms. The Morgan fingerprint density at radius 2 is 1.88 bits per heavy atom. The van der Waals surface area contributed by atoms with Gasteiger partial charge < -0.3 is 4.90 Å². The second-order valence-corrected chi connectivity index (χ2v) is 8.99. The molecule has 1 amide bonds. The Morgan fingerprint density at radius 3 is 2.58 bits per heavy atom. The number of hydrogen-bond donors (Lipinski definition) is 0. The molecular weight excluding hydrogens is 354 g/mol. The first-order valence-corrected chi connectivity index (χ1v) is 10.2. The van der Waals surface area contributed by atoms with Gasteiger partial charge >= 0.3 is 0 Å². The third-order valence-corrected chi connectivity index (χ3v) is 7.30. The van der Waals surface area contributed by atoms with Crippen molar-refractivity contribution >= 4 is 15.9 Å². The molecule has 0 unspecified atom stereocenters. The minimum atomic E-state index is -3.42. The maximum absolute atomic E-state index is 12.9. The Labute approximate surface area is 152 Å². The average Bonchev–Trinajstić information content (AvgIpc) is 3.16. The van der Waals surface area contributed by atoms with Crippen molar-refractivity contribution in [2.24, 2.45) is 0 Å². The molecule has 9 heteroatoms. The summed E-state index contributed by atoms with van der Waals surface area (Å²) >= 11 is 0. The lowest BCUT2D eigenvalue weighted by Crippen LogP contribution is -2.60. The van der Waals surface area contributed by atoms with Gasteiger partial charge in [0.2, 0.25) is 10.0 Å². The smallest absolute Gasteiger partial charge is 0.253 e. The first-order valence-electron chi connectivity index (χ1n) is 8.73. The van der Waals surface area contributed by atoms with E-state index in [0.717, 1.165) is 12.8 Å². The number of sulfonamides is 1. The summed E-state index contributed by atoms with van der Waals surface area (Å²) in [6, 6.07) is 8.97. The highest BCUT2D eigenvalue weighted by atomic mass is 32.2. The molecule has 2 fully saturated rings. The van der Waals surface area contributed by atoms with Gasteiger partial charge in [0.25, 0.3) is 5.91 Å². The van der Waals surface area contributed by atoms with Crippen LogP contribution in [-0.4, -0.2) is 69.7 Å². The summed E-state index contributed by atoms with van der Waals surface area (Å²) in [5.74, 6) is -0.115. The van der Waals surface area contributed by atoms with Gasteiger partial charge in [-0.1, -0.05) is 18.2 Å². The molecule has 0 radical (unpaired) electrons. The van der Waals surface area contributed by atoms with Crippen LogP contribution in [0.15, 0.2) is 43.0 Å². The van der Waals surface area contributed by atoms with Crippen molar-refractivity contribution in [2.45, 2.75) is 24.1 Å². The minimum Gasteiger partial charge on any atom is -0.336 e. The molecule has 0 bridgehead atoms. The molecule has 0 N–H and O–H groups in total. The van der Waals surface area contributed by atoms with Gasteiger partial charge in [-0.05, 0) is 25.0 Å². The van der Waals surface area contributed by atoms with Crippen LogP contribution in [0, 0.1) is 0 Å². The highest BCUT2D eigenvalue weighted by Crippen LogP contribution is 2.28. The number of carbonyl (C=O) groups is 1. The lowest BCUT2D eigenvalue weighted by atomic mass is 10.1. The number of amides is 1. The Hall–Kier alpha value is -2.26. The van der Waals surface area contributed by atoms with Crippen LogP contribution in [0.5, 0.6) is 0 Å². The van der Waals surface area contributed by atoms with E-state index >= 15 is 0 Å². The molecule has 8 nitrogen and oxygen atoms in total. The zero-order valence-corrected chi connectivity index (χ0v) is 15.1. The third-order valence-electron chi connectivity index (χ3n) is 5.11. The fourth-order valence-corrected chi connectivity index (χ4v) is 5.46. The van der Waals surface area contributed by atoms with Crippen LogP contribution in [0.3, 0.4) is 0 Å². The number of likely N-dealkylation sites (tertiary alicyclic amines) is 1. The molecule has 1 aromatic heterocycles. The normalized spacial score (nSPS) is 22.2. The molecule has 2 aromatic rings. The van der Waals surface area contributed by atoms with Gasteiger partial charge in [0.05, 0.1) is 6.04 Å². The third kappa shape index (κ3) is 3.12. The molecule has 138 valence electrons. The Morgan fingerprint density at radius 1 is 1.12 bits per heavy atom. The molecule has 4 rings (SSSR count). The first-order chi connectivity index (χ1) is 12.6. The van der Waals surface area contributed by atoms with E-state index in [1.54, 1.807) is 44.5 Å². The number of carbonyl (C=O) groups excluding carboxylic acids is 1. The van der Waals surface area contributed by atoms with E-state index in [1.807, 2.05) is 6.07 Å². The summed E-state index contributed by atoms with van der Waals surface area (Å²) in [7, 11) is -3.42. The molecule has 2 saturated heterocycles. The van der Waals surface area contributed by atoms with Crippen LogP contribution >= 0.6 is 0 Å². The van der Waals surface area contributed by atoms with E-state index in [2.05, 4.69) is 10.1 Å². The zero-order valence-electron chi connectivity index (χ0n) is 14.3. The first kappa shape index (κ1) is 17.2.